The molecule has 2 aromatic rings. The first-order valence-corrected chi connectivity index (χ1v) is 10.00. The molecule has 0 atom stereocenters. The lowest BCUT2D eigenvalue weighted by Gasteiger charge is -2.12. The van der Waals surface area contributed by atoms with Gasteiger partial charge in [-0.15, -0.1) is 35.3 Å². The third kappa shape index (κ3) is 8.86. The van der Waals surface area contributed by atoms with Crippen LogP contribution in [-0.4, -0.2) is 43.0 Å². The van der Waals surface area contributed by atoms with Gasteiger partial charge in [0.2, 0.25) is 0 Å². The Morgan fingerprint density at radius 2 is 1.80 bits per heavy atom. The van der Waals surface area contributed by atoms with E-state index in [2.05, 4.69) is 25.9 Å². The molecule has 0 fully saturated rings. The van der Waals surface area contributed by atoms with Crippen molar-refractivity contribution in [1.82, 2.24) is 20.9 Å². The van der Waals surface area contributed by atoms with Crippen LogP contribution in [0.25, 0.3) is 0 Å². The predicted octanol–water partition coefficient (Wildman–Crippen LogP) is 3.62. The molecule has 1 aromatic carbocycles. The fraction of sp³-hybridized carbons (Fsp3) is 0.421. The van der Waals surface area contributed by atoms with Crippen molar-refractivity contribution in [1.29, 1.82) is 0 Å². The quantitative estimate of drug-likeness (QED) is 0.201. The molecule has 30 heavy (non-hydrogen) atoms. The number of nitrogens with zero attached hydrogens (tertiary/aromatic N) is 2. The zero-order chi connectivity index (χ0) is 21.3. The van der Waals surface area contributed by atoms with Crippen molar-refractivity contribution in [2.75, 3.05) is 26.2 Å². The fourth-order valence-electron chi connectivity index (χ4n) is 2.39. The van der Waals surface area contributed by atoms with Crippen LogP contribution in [0.3, 0.4) is 0 Å². The molecule has 0 aliphatic heterocycles. The Bertz CT molecular complexity index is 824. The molecule has 0 saturated heterocycles. The van der Waals surface area contributed by atoms with Crippen LogP contribution in [-0.2, 0) is 12.6 Å². The summed E-state index contributed by atoms with van der Waals surface area (Å²) in [6.07, 6.45) is -1.83. The van der Waals surface area contributed by atoms with E-state index in [9.17, 15) is 18.0 Å². The van der Waals surface area contributed by atoms with E-state index in [1.54, 1.807) is 11.3 Å². The van der Waals surface area contributed by atoms with Crippen LogP contribution in [0.15, 0.2) is 35.5 Å². The number of rotatable bonds is 8. The molecule has 11 heteroatoms. The molecule has 0 unspecified atom stereocenters. The zero-order valence-electron chi connectivity index (χ0n) is 16.7. The van der Waals surface area contributed by atoms with Crippen LogP contribution in [0.4, 0.5) is 13.2 Å². The summed E-state index contributed by atoms with van der Waals surface area (Å²) >= 11 is 1.65. The van der Waals surface area contributed by atoms with E-state index in [-0.39, 0.29) is 29.5 Å². The van der Waals surface area contributed by atoms with Crippen LogP contribution in [0.1, 0.15) is 32.7 Å². The van der Waals surface area contributed by atoms with Gasteiger partial charge < -0.3 is 16.0 Å². The highest BCUT2D eigenvalue weighted by molar-refractivity contribution is 14.0. The van der Waals surface area contributed by atoms with Crippen molar-refractivity contribution in [2.45, 2.75) is 26.4 Å². The van der Waals surface area contributed by atoms with E-state index in [1.165, 1.54) is 0 Å². The predicted molar refractivity (Wildman–Crippen MR) is 124 cm³/mol. The summed E-state index contributed by atoms with van der Waals surface area (Å²) in [5.41, 5.74) is -0.604. The van der Waals surface area contributed by atoms with E-state index in [4.69, 9.17) is 0 Å². The highest BCUT2D eigenvalue weighted by atomic mass is 127. The van der Waals surface area contributed by atoms with E-state index in [1.807, 2.05) is 20.0 Å². The zero-order valence-corrected chi connectivity index (χ0v) is 19.8. The lowest BCUT2D eigenvalue weighted by Crippen LogP contribution is -2.41. The van der Waals surface area contributed by atoms with Crippen molar-refractivity contribution in [3.05, 3.63) is 51.5 Å². The highest BCUT2D eigenvalue weighted by Gasteiger charge is 2.30. The van der Waals surface area contributed by atoms with Gasteiger partial charge >= 0.3 is 6.18 Å². The van der Waals surface area contributed by atoms with Gasteiger partial charge in [-0.05, 0) is 38.1 Å². The molecular weight excluding hydrogens is 530 g/mol. The molecule has 0 aliphatic carbocycles. The maximum absolute atomic E-state index is 12.6. The molecule has 2 rings (SSSR count). The first-order valence-electron chi connectivity index (χ1n) is 9.18. The SMILES string of the molecule is CCNC(=NCCc1ncc(C)s1)NCCNC(=O)c1ccc(C(F)(F)F)cc1.I. The number of carbonyl (C=O) groups excluding carboxylic acids is 1. The Labute approximate surface area is 194 Å². The molecule has 1 heterocycles. The molecule has 3 N–H and O–H groups in total. The van der Waals surface area contributed by atoms with Crippen molar-refractivity contribution >= 4 is 47.2 Å². The number of amides is 1. The first-order chi connectivity index (χ1) is 13.8. The summed E-state index contributed by atoms with van der Waals surface area (Å²) in [5.74, 6) is 0.200. The van der Waals surface area contributed by atoms with Gasteiger partial charge in [0, 0.05) is 49.2 Å². The number of aromatic nitrogens is 1. The van der Waals surface area contributed by atoms with E-state index < -0.39 is 17.6 Å². The number of thiazole rings is 1. The number of halogens is 4. The molecule has 0 saturated carbocycles. The first kappa shape index (κ1) is 26.1. The molecule has 0 radical (unpaired) electrons. The Balaban J connectivity index is 0.00000450. The second-order valence-corrected chi connectivity index (χ2v) is 7.45. The van der Waals surface area contributed by atoms with Gasteiger partial charge in [-0.25, -0.2) is 4.98 Å². The molecule has 0 bridgehead atoms. The van der Waals surface area contributed by atoms with Crippen LogP contribution >= 0.6 is 35.3 Å². The summed E-state index contributed by atoms with van der Waals surface area (Å²) in [4.78, 5) is 22.0. The number of hydrogen-bond acceptors (Lipinski definition) is 4. The number of carbonyl (C=O) groups is 1. The van der Waals surface area contributed by atoms with E-state index in [0.717, 1.165) is 40.6 Å². The Hall–Kier alpha value is -1.89. The minimum Gasteiger partial charge on any atom is -0.357 e. The second kappa shape index (κ2) is 12.7. The van der Waals surface area contributed by atoms with Gasteiger partial charge in [0.15, 0.2) is 5.96 Å². The maximum atomic E-state index is 12.6. The minimum absolute atomic E-state index is 0. The summed E-state index contributed by atoms with van der Waals surface area (Å²) in [6, 6.07) is 4.12. The van der Waals surface area contributed by atoms with Crippen LogP contribution in [0, 0.1) is 6.92 Å². The molecule has 166 valence electrons. The summed E-state index contributed by atoms with van der Waals surface area (Å²) in [5, 5.41) is 9.92. The molecular formula is C19H25F3IN5OS. The van der Waals surface area contributed by atoms with Gasteiger partial charge in [0.1, 0.15) is 0 Å². The lowest BCUT2D eigenvalue weighted by molar-refractivity contribution is -0.137. The normalized spacial score (nSPS) is 11.6. The number of alkyl halides is 3. The average Bonchev–Trinajstić information content (AvgIpc) is 3.09. The van der Waals surface area contributed by atoms with Gasteiger partial charge in [-0.3, -0.25) is 9.79 Å². The minimum atomic E-state index is -4.42. The van der Waals surface area contributed by atoms with E-state index in [0.29, 0.717) is 32.1 Å². The number of guanidine groups is 1. The van der Waals surface area contributed by atoms with Gasteiger partial charge in [0.25, 0.3) is 5.91 Å². The Morgan fingerprint density at radius 1 is 1.13 bits per heavy atom. The van der Waals surface area contributed by atoms with Crippen molar-refractivity contribution in [3.8, 4) is 0 Å². The van der Waals surface area contributed by atoms with Crippen LogP contribution in [0.5, 0.6) is 0 Å². The standard InChI is InChI=1S/C19H24F3N5OS.HI/c1-3-23-18(25-9-8-16-27-12-13(2)29-16)26-11-10-24-17(28)14-4-6-15(7-5-14)19(20,21)22;/h4-7,12H,3,8-11H2,1-2H3,(H,24,28)(H2,23,25,26);1H. The summed E-state index contributed by atoms with van der Waals surface area (Å²) in [7, 11) is 0. The number of nitrogens with one attached hydrogen (secondary N) is 3. The third-order valence-corrected chi connectivity index (χ3v) is 4.76. The van der Waals surface area contributed by atoms with Crippen molar-refractivity contribution in [3.63, 3.8) is 0 Å². The second-order valence-electron chi connectivity index (χ2n) is 6.13. The van der Waals surface area contributed by atoms with Gasteiger partial charge in [-0.2, -0.15) is 13.2 Å². The monoisotopic (exact) mass is 555 g/mol. The highest BCUT2D eigenvalue weighted by Crippen LogP contribution is 2.29. The number of aliphatic imine (C=N–C) groups is 1. The largest absolute Gasteiger partial charge is 0.416 e. The smallest absolute Gasteiger partial charge is 0.357 e. The number of aryl methyl sites for hydroxylation is 1. The third-order valence-electron chi connectivity index (χ3n) is 3.79. The van der Waals surface area contributed by atoms with Gasteiger partial charge in [0.05, 0.1) is 10.6 Å². The lowest BCUT2D eigenvalue weighted by atomic mass is 10.1. The maximum Gasteiger partial charge on any atom is 0.416 e. The van der Waals surface area contributed by atoms with Crippen molar-refractivity contribution in [2.24, 2.45) is 4.99 Å². The molecule has 0 spiro atoms. The van der Waals surface area contributed by atoms with Crippen LogP contribution in [0.2, 0.25) is 0 Å². The number of hydrogen-bond donors (Lipinski definition) is 3. The average molecular weight is 555 g/mol. The summed E-state index contributed by atoms with van der Waals surface area (Å²) < 4.78 is 37.7. The molecule has 0 aliphatic rings. The molecule has 6 nitrogen and oxygen atoms in total. The summed E-state index contributed by atoms with van der Waals surface area (Å²) in [6.45, 7) is 5.97. The number of benzene rings is 1. The topological polar surface area (TPSA) is 78.4 Å². The van der Waals surface area contributed by atoms with Crippen LogP contribution < -0.4 is 16.0 Å². The molecule has 1 aromatic heterocycles. The van der Waals surface area contributed by atoms with E-state index >= 15 is 0 Å². The molecule has 1 amide bonds. The Morgan fingerprint density at radius 3 is 2.37 bits per heavy atom. The Kier molecular flexibility index (Phi) is 11.1. The van der Waals surface area contributed by atoms with Crippen molar-refractivity contribution < 1.29 is 18.0 Å². The van der Waals surface area contributed by atoms with Gasteiger partial charge in [-0.1, -0.05) is 0 Å². The fourth-order valence-corrected chi connectivity index (χ4v) is 3.17.